The first-order valence-electron chi connectivity index (χ1n) is 5.65. The molecule has 5 heteroatoms. The third-order valence-corrected chi connectivity index (χ3v) is 2.35. The van der Waals surface area contributed by atoms with Crippen LogP contribution in [-0.4, -0.2) is 21.1 Å². The minimum absolute atomic E-state index is 0.335. The lowest BCUT2D eigenvalue weighted by atomic mass is 10.4. The van der Waals surface area contributed by atoms with Crippen LogP contribution in [0.25, 0.3) is 5.82 Å². The van der Waals surface area contributed by atoms with E-state index in [4.69, 9.17) is 0 Å². The Labute approximate surface area is 99.5 Å². The van der Waals surface area contributed by atoms with E-state index in [0.717, 1.165) is 25.2 Å². The van der Waals surface area contributed by atoms with Gasteiger partial charge in [0.15, 0.2) is 0 Å². The van der Waals surface area contributed by atoms with Crippen molar-refractivity contribution < 1.29 is 4.39 Å². The molecule has 2 aromatic rings. The topological polar surface area (TPSA) is 42.7 Å². The summed E-state index contributed by atoms with van der Waals surface area (Å²) in [4.78, 5) is 8.24. The number of hydrogen-bond acceptors (Lipinski definition) is 3. The van der Waals surface area contributed by atoms with E-state index in [1.165, 1.54) is 12.3 Å². The molecule has 90 valence electrons. The number of hydrogen-bond donors (Lipinski definition) is 1. The molecule has 2 rings (SSSR count). The highest BCUT2D eigenvalue weighted by Crippen LogP contribution is 2.06. The molecule has 0 aliphatic rings. The molecule has 0 amide bonds. The molecule has 2 heterocycles. The monoisotopic (exact) mass is 234 g/mol. The maximum atomic E-state index is 12.7. The predicted molar refractivity (Wildman–Crippen MR) is 63.3 cm³/mol. The van der Waals surface area contributed by atoms with Crippen molar-refractivity contribution in [3.05, 3.63) is 42.4 Å². The SMILES string of the molecule is CCCNCc1cn(-c2ccc(F)cn2)cn1. The van der Waals surface area contributed by atoms with E-state index in [1.54, 1.807) is 17.0 Å². The highest BCUT2D eigenvalue weighted by Gasteiger charge is 2.01. The third-order valence-electron chi connectivity index (χ3n) is 2.35. The van der Waals surface area contributed by atoms with Gasteiger partial charge in [-0.05, 0) is 25.1 Å². The Bertz CT molecular complexity index is 464. The van der Waals surface area contributed by atoms with Crippen LogP contribution in [0, 0.1) is 5.82 Å². The molecule has 2 aromatic heterocycles. The molecule has 0 radical (unpaired) electrons. The van der Waals surface area contributed by atoms with E-state index in [0.29, 0.717) is 5.82 Å². The maximum absolute atomic E-state index is 12.7. The second-order valence-corrected chi connectivity index (χ2v) is 3.78. The van der Waals surface area contributed by atoms with E-state index in [-0.39, 0.29) is 5.82 Å². The van der Waals surface area contributed by atoms with Crippen molar-refractivity contribution in [1.82, 2.24) is 19.9 Å². The molecular formula is C12H15FN4. The molecular weight excluding hydrogens is 219 g/mol. The molecule has 4 nitrogen and oxygen atoms in total. The van der Waals surface area contributed by atoms with Crippen molar-refractivity contribution in [1.29, 1.82) is 0 Å². The lowest BCUT2D eigenvalue weighted by molar-refractivity contribution is 0.620. The van der Waals surface area contributed by atoms with Crippen molar-refractivity contribution >= 4 is 0 Å². The van der Waals surface area contributed by atoms with Gasteiger partial charge >= 0.3 is 0 Å². The van der Waals surface area contributed by atoms with E-state index in [1.807, 2.05) is 6.20 Å². The van der Waals surface area contributed by atoms with E-state index < -0.39 is 0 Å². The van der Waals surface area contributed by atoms with Gasteiger partial charge in [0.1, 0.15) is 18.0 Å². The van der Waals surface area contributed by atoms with E-state index >= 15 is 0 Å². The molecule has 0 fully saturated rings. The minimum Gasteiger partial charge on any atom is -0.311 e. The van der Waals surface area contributed by atoms with Gasteiger partial charge in [0.2, 0.25) is 0 Å². The summed E-state index contributed by atoms with van der Waals surface area (Å²) in [6, 6.07) is 3.01. The van der Waals surface area contributed by atoms with Gasteiger partial charge in [-0.3, -0.25) is 4.57 Å². The van der Waals surface area contributed by atoms with Gasteiger partial charge in [-0.1, -0.05) is 6.92 Å². The fourth-order valence-corrected chi connectivity index (χ4v) is 1.49. The average molecular weight is 234 g/mol. The average Bonchev–Trinajstić information content (AvgIpc) is 2.79. The number of aromatic nitrogens is 3. The number of pyridine rings is 1. The van der Waals surface area contributed by atoms with Crippen molar-refractivity contribution in [3.63, 3.8) is 0 Å². The van der Waals surface area contributed by atoms with Gasteiger partial charge in [0.05, 0.1) is 11.9 Å². The number of nitrogens with zero attached hydrogens (tertiary/aromatic N) is 3. The molecule has 0 bridgehead atoms. The van der Waals surface area contributed by atoms with Crippen LogP contribution in [0.1, 0.15) is 19.0 Å². The second-order valence-electron chi connectivity index (χ2n) is 3.78. The Balaban J connectivity index is 2.04. The Morgan fingerprint density at radius 2 is 2.24 bits per heavy atom. The summed E-state index contributed by atoms with van der Waals surface area (Å²) < 4.78 is 14.5. The van der Waals surface area contributed by atoms with Crippen LogP contribution in [0.3, 0.4) is 0 Å². The standard InChI is InChI=1S/C12H15FN4/c1-2-5-14-7-11-8-17(9-16-11)12-4-3-10(13)6-15-12/h3-4,6,8-9,14H,2,5,7H2,1H3. The lowest BCUT2D eigenvalue weighted by Crippen LogP contribution is -2.13. The molecule has 0 atom stereocenters. The number of imidazole rings is 1. The van der Waals surface area contributed by atoms with Crippen LogP contribution in [-0.2, 0) is 6.54 Å². The van der Waals surface area contributed by atoms with Crippen LogP contribution in [0.5, 0.6) is 0 Å². The predicted octanol–water partition coefficient (Wildman–Crippen LogP) is 1.91. The fourth-order valence-electron chi connectivity index (χ4n) is 1.49. The van der Waals surface area contributed by atoms with Crippen molar-refractivity contribution in [2.75, 3.05) is 6.54 Å². The molecule has 17 heavy (non-hydrogen) atoms. The number of rotatable bonds is 5. The van der Waals surface area contributed by atoms with E-state index in [9.17, 15) is 4.39 Å². The van der Waals surface area contributed by atoms with Gasteiger partial charge < -0.3 is 5.32 Å². The molecule has 0 aromatic carbocycles. The van der Waals surface area contributed by atoms with Crippen molar-refractivity contribution in [2.24, 2.45) is 0 Å². The summed E-state index contributed by atoms with van der Waals surface area (Å²) in [7, 11) is 0. The van der Waals surface area contributed by atoms with Crippen molar-refractivity contribution in [3.8, 4) is 5.82 Å². The summed E-state index contributed by atoms with van der Waals surface area (Å²) in [6.07, 6.45) is 5.87. The van der Waals surface area contributed by atoms with Crippen LogP contribution in [0.15, 0.2) is 30.9 Å². The summed E-state index contributed by atoms with van der Waals surface area (Å²) in [5.74, 6) is 0.333. The summed E-state index contributed by atoms with van der Waals surface area (Å²) >= 11 is 0. The molecule has 0 aliphatic heterocycles. The second kappa shape index (κ2) is 5.54. The Kier molecular flexibility index (Phi) is 3.82. The van der Waals surface area contributed by atoms with Crippen molar-refractivity contribution in [2.45, 2.75) is 19.9 Å². The zero-order valence-corrected chi connectivity index (χ0v) is 9.73. The normalized spacial score (nSPS) is 10.7. The Hall–Kier alpha value is -1.75. The first kappa shape index (κ1) is 11.7. The fraction of sp³-hybridized carbons (Fsp3) is 0.333. The highest BCUT2D eigenvalue weighted by atomic mass is 19.1. The first-order valence-corrected chi connectivity index (χ1v) is 5.65. The van der Waals surface area contributed by atoms with E-state index in [2.05, 4.69) is 22.2 Å². The molecule has 0 spiro atoms. The summed E-state index contributed by atoms with van der Waals surface area (Å²) in [5, 5.41) is 3.27. The van der Waals surface area contributed by atoms with Gasteiger partial charge in [0, 0.05) is 12.7 Å². The van der Waals surface area contributed by atoms with Crippen LogP contribution < -0.4 is 5.32 Å². The van der Waals surface area contributed by atoms with Crippen LogP contribution in [0.2, 0.25) is 0 Å². The number of halogens is 1. The smallest absolute Gasteiger partial charge is 0.141 e. The largest absolute Gasteiger partial charge is 0.311 e. The minimum atomic E-state index is -0.335. The van der Waals surface area contributed by atoms with Gasteiger partial charge in [-0.2, -0.15) is 0 Å². The first-order chi connectivity index (χ1) is 8.29. The van der Waals surface area contributed by atoms with Crippen LogP contribution >= 0.6 is 0 Å². The summed E-state index contributed by atoms with van der Waals surface area (Å²) in [6.45, 7) is 3.83. The van der Waals surface area contributed by atoms with Gasteiger partial charge in [-0.25, -0.2) is 14.4 Å². The zero-order valence-electron chi connectivity index (χ0n) is 9.73. The maximum Gasteiger partial charge on any atom is 0.141 e. The lowest BCUT2D eigenvalue weighted by Gasteiger charge is -2.00. The molecule has 1 N–H and O–H groups in total. The Morgan fingerprint density at radius 1 is 1.35 bits per heavy atom. The van der Waals surface area contributed by atoms with Crippen LogP contribution in [0.4, 0.5) is 4.39 Å². The molecule has 0 saturated carbocycles. The van der Waals surface area contributed by atoms with Gasteiger partial charge in [-0.15, -0.1) is 0 Å². The summed E-state index contributed by atoms with van der Waals surface area (Å²) in [5.41, 5.74) is 0.949. The third kappa shape index (κ3) is 3.10. The highest BCUT2D eigenvalue weighted by molar-refractivity contribution is 5.23. The number of nitrogens with one attached hydrogen (secondary N) is 1. The quantitative estimate of drug-likeness (QED) is 0.803. The zero-order chi connectivity index (χ0) is 12.1. The molecule has 0 unspecified atom stereocenters. The molecule has 0 saturated heterocycles. The molecule has 0 aliphatic carbocycles. The Morgan fingerprint density at radius 3 is 2.94 bits per heavy atom. The van der Waals surface area contributed by atoms with Gasteiger partial charge in [0.25, 0.3) is 0 Å².